The van der Waals surface area contributed by atoms with Crippen LogP contribution in [0.5, 0.6) is 11.5 Å². The average molecular weight is 389 g/mol. The lowest BCUT2D eigenvalue weighted by Crippen LogP contribution is -1.83. The van der Waals surface area contributed by atoms with Gasteiger partial charge >= 0.3 is 0 Å². The number of hydrogen-bond donors (Lipinski definition) is 0. The number of rotatable bonds is 7. The molecule has 134 valence electrons. The Kier molecular flexibility index (Phi) is 7.93. The first-order chi connectivity index (χ1) is 12.6. The molecule has 0 N–H and O–H groups in total. The number of hydrogen-bond acceptors (Lipinski definition) is 4. The normalized spacial score (nSPS) is 12.8. The molecule has 4 nitrogen and oxygen atoms in total. The van der Waals surface area contributed by atoms with Crippen molar-refractivity contribution in [3.63, 3.8) is 0 Å². The minimum atomic E-state index is 0.554. The first kappa shape index (κ1) is 19.8. The van der Waals surface area contributed by atoms with Crippen LogP contribution < -0.4 is 9.47 Å². The minimum Gasteiger partial charge on any atom is -0.497 e. The largest absolute Gasteiger partial charge is 0.497 e. The van der Waals surface area contributed by atoms with Gasteiger partial charge < -0.3 is 9.47 Å². The zero-order valence-electron chi connectivity index (χ0n) is 14.4. The summed E-state index contributed by atoms with van der Waals surface area (Å²) >= 11 is 12.4. The maximum atomic E-state index is 6.20. The van der Waals surface area contributed by atoms with E-state index in [4.69, 9.17) is 32.7 Å². The maximum absolute atomic E-state index is 6.20. The highest BCUT2D eigenvalue weighted by Crippen LogP contribution is 2.22. The van der Waals surface area contributed by atoms with Crippen molar-refractivity contribution in [1.29, 1.82) is 0 Å². The van der Waals surface area contributed by atoms with Crippen LogP contribution in [0.25, 0.3) is 10.1 Å². The van der Waals surface area contributed by atoms with Crippen LogP contribution in [0.2, 0.25) is 0 Å². The van der Waals surface area contributed by atoms with E-state index < -0.39 is 0 Å². The van der Waals surface area contributed by atoms with E-state index in [1.165, 1.54) is 12.4 Å². The van der Waals surface area contributed by atoms with E-state index in [1.54, 1.807) is 26.4 Å². The topological polar surface area (TPSA) is 43.2 Å². The second-order valence-corrected chi connectivity index (χ2v) is 5.83. The number of methoxy groups -OCH3 is 2. The molecule has 0 atom stereocenters. The van der Waals surface area contributed by atoms with Crippen LogP contribution in [-0.2, 0) is 0 Å². The first-order valence-electron chi connectivity index (χ1n) is 7.71. The molecule has 0 aliphatic rings. The molecule has 2 aromatic rings. The lowest BCUT2D eigenvalue weighted by Gasteiger charge is -2.01. The molecule has 0 radical (unpaired) electrons. The van der Waals surface area contributed by atoms with E-state index in [0.717, 1.165) is 22.6 Å². The average Bonchev–Trinajstić information content (AvgIpc) is 2.70. The summed E-state index contributed by atoms with van der Waals surface area (Å²) in [5, 5.41) is 8.91. The number of allylic oxidation sites excluding steroid dienone is 2. The summed E-state index contributed by atoms with van der Waals surface area (Å²) in [7, 11) is 3.24. The summed E-state index contributed by atoms with van der Waals surface area (Å²) in [6.45, 7) is 0. The fourth-order valence-electron chi connectivity index (χ4n) is 1.97. The molecule has 2 aromatic carbocycles. The Balaban J connectivity index is 1.93. The molecule has 0 unspecified atom stereocenters. The quantitative estimate of drug-likeness (QED) is 0.456. The lowest BCUT2D eigenvalue weighted by molar-refractivity contribution is 0.414. The minimum absolute atomic E-state index is 0.554. The third kappa shape index (κ3) is 6.06. The molecule has 0 aliphatic heterocycles. The molecule has 0 aromatic heterocycles. The van der Waals surface area contributed by atoms with Crippen LogP contribution >= 0.6 is 23.2 Å². The first-order valence-corrected chi connectivity index (χ1v) is 8.46. The zero-order valence-corrected chi connectivity index (χ0v) is 15.9. The van der Waals surface area contributed by atoms with Gasteiger partial charge in [0.05, 0.1) is 26.6 Å². The number of ether oxygens (including phenoxy) is 2. The van der Waals surface area contributed by atoms with Crippen LogP contribution in [-0.4, -0.2) is 26.6 Å². The molecular formula is C20H18Cl2N2O2. The molecule has 26 heavy (non-hydrogen) atoms. The molecule has 0 heterocycles. The predicted molar refractivity (Wildman–Crippen MR) is 111 cm³/mol. The molecular weight excluding hydrogens is 371 g/mol. The Hall–Kier alpha value is -2.56. The number of benzene rings is 2. The summed E-state index contributed by atoms with van der Waals surface area (Å²) in [4.78, 5) is 0. The highest BCUT2D eigenvalue weighted by molar-refractivity contribution is 6.50. The number of halogens is 2. The fourth-order valence-corrected chi connectivity index (χ4v) is 2.33. The Morgan fingerprint density at radius 2 is 1.04 bits per heavy atom. The van der Waals surface area contributed by atoms with E-state index >= 15 is 0 Å². The van der Waals surface area contributed by atoms with Gasteiger partial charge in [0.25, 0.3) is 0 Å². The van der Waals surface area contributed by atoms with Crippen molar-refractivity contribution in [2.75, 3.05) is 14.2 Å². The van der Waals surface area contributed by atoms with E-state index in [2.05, 4.69) is 10.2 Å². The molecule has 0 bridgehead atoms. The van der Waals surface area contributed by atoms with Gasteiger partial charge in [0.1, 0.15) is 11.5 Å². The van der Waals surface area contributed by atoms with Gasteiger partial charge in [-0.05, 0) is 71.8 Å². The molecule has 0 saturated heterocycles. The molecule has 0 spiro atoms. The Morgan fingerprint density at radius 1 is 0.692 bits per heavy atom. The van der Waals surface area contributed by atoms with Crippen molar-refractivity contribution in [3.05, 3.63) is 71.8 Å². The van der Waals surface area contributed by atoms with Crippen LogP contribution in [0.4, 0.5) is 0 Å². The second kappa shape index (κ2) is 10.4. The van der Waals surface area contributed by atoms with Crippen molar-refractivity contribution >= 4 is 45.7 Å². The smallest absolute Gasteiger partial charge is 0.118 e. The van der Waals surface area contributed by atoms with E-state index in [9.17, 15) is 0 Å². The summed E-state index contributed by atoms with van der Waals surface area (Å²) in [5.41, 5.74) is 1.73. The van der Waals surface area contributed by atoms with Gasteiger partial charge in [-0.2, -0.15) is 10.2 Å². The zero-order chi connectivity index (χ0) is 18.8. The summed E-state index contributed by atoms with van der Waals surface area (Å²) in [6, 6.07) is 14.8. The predicted octanol–water partition coefficient (Wildman–Crippen LogP) is 5.62. The standard InChI is InChI=1S/C20H18Cl2N2O2/c1-25-17-7-3-15(4-8-17)19(21)11-13-23-24-14-12-20(22)16-5-9-18(26-2)10-6-16/h3-14H,1-2H3/b19-11-,20-12-,23-13+,24-14+. The highest BCUT2D eigenvalue weighted by atomic mass is 35.5. The maximum Gasteiger partial charge on any atom is 0.118 e. The van der Waals surface area contributed by atoms with Crippen LogP contribution in [0.15, 0.2) is 70.9 Å². The third-order valence-corrected chi connectivity index (χ3v) is 4.06. The van der Waals surface area contributed by atoms with Crippen LogP contribution in [0.3, 0.4) is 0 Å². The Morgan fingerprint density at radius 3 is 1.35 bits per heavy atom. The van der Waals surface area contributed by atoms with Crippen molar-refractivity contribution in [2.24, 2.45) is 10.2 Å². The number of nitrogens with zero attached hydrogens (tertiary/aromatic N) is 2. The molecule has 0 amide bonds. The van der Waals surface area contributed by atoms with Gasteiger partial charge in [0.2, 0.25) is 0 Å². The van der Waals surface area contributed by atoms with Crippen LogP contribution in [0.1, 0.15) is 11.1 Å². The van der Waals surface area contributed by atoms with Gasteiger partial charge in [-0.1, -0.05) is 23.2 Å². The van der Waals surface area contributed by atoms with E-state index in [1.807, 2.05) is 48.5 Å². The lowest BCUT2D eigenvalue weighted by atomic mass is 10.2. The SMILES string of the molecule is COc1ccc(/C(Cl)=C/C=N/N=C/C=C(\Cl)c2ccc(OC)cc2)cc1. The third-order valence-electron chi connectivity index (χ3n) is 3.37. The van der Waals surface area contributed by atoms with E-state index in [-0.39, 0.29) is 0 Å². The summed E-state index contributed by atoms with van der Waals surface area (Å²) in [6.07, 6.45) is 6.35. The van der Waals surface area contributed by atoms with E-state index in [0.29, 0.717) is 10.1 Å². The van der Waals surface area contributed by atoms with Crippen molar-refractivity contribution < 1.29 is 9.47 Å². The summed E-state index contributed by atoms with van der Waals surface area (Å²) in [5.74, 6) is 1.55. The molecule has 6 heteroatoms. The molecule has 0 fully saturated rings. The van der Waals surface area contributed by atoms with Gasteiger partial charge in [0, 0.05) is 10.1 Å². The Labute approximate surface area is 163 Å². The van der Waals surface area contributed by atoms with Crippen molar-refractivity contribution in [3.8, 4) is 11.5 Å². The molecule has 2 rings (SSSR count). The highest BCUT2D eigenvalue weighted by Gasteiger charge is 1.98. The van der Waals surface area contributed by atoms with Crippen molar-refractivity contribution in [1.82, 2.24) is 0 Å². The monoisotopic (exact) mass is 388 g/mol. The van der Waals surface area contributed by atoms with Gasteiger partial charge in [-0.15, -0.1) is 0 Å². The van der Waals surface area contributed by atoms with Crippen LogP contribution in [0, 0.1) is 0 Å². The van der Waals surface area contributed by atoms with Gasteiger partial charge in [0.15, 0.2) is 0 Å². The van der Waals surface area contributed by atoms with Gasteiger partial charge in [-0.25, -0.2) is 0 Å². The van der Waals surface area contributed by atoms with Crippen molar-refractivity contribution in [2.45, 2.75) is 0 Å². The fraction of sp³-hybridized carbons (Fsp3) is 0.100. The summed E-state index contributed by atoms with van der Waals surface area (Å²) < 4.78 is 10.2. The second-order valence-electron chi connectivity index (χ2n) is 5.02. The molecule has 0 aliphatic carbocycles. The van der Waals surface area contributed by atoms with Gasteiger partial charge in [-0.3, -0.25) is 0 Å². The Bertz CT molecular complexity index is 752. The molecule has 0 saturated carbocycles.